The first-order valence-corrected chi connectivity index (χ1v) is 5.52. The van der Waals surface area contributed by atoms with Crippen molar-refractivity contribution in [1.29, 1.82) is 0 Å². The van der Waals surface area contributed by atoms with Gasteiger partial charge >= 0.3 is 0 Å². The summed E-state index contributed by atoms with van der Waals surface area (Å²) in [7, 11) is 0. The lowest BCUT2D eigenvalue weighted by molar-refractivity contribution is 0.651. The number of unbranched alkanes of at least 4 members (excludes halogenated alkanes) is 5. The summed E-state index contributed by atoms with van der Waals surface area (Å²) in [6.07, 6.45) is 17.5. The van der Waals surface area contributed by atoms with Crippen molar-refractivity contribution in [2.24, 2.45) is 0 Å². The molecule has 0 saturated heterocycles. The first-order valence-electron chi connectivity index (χ1n) is 5.52. The van der Waals surface area contributed by atoms with Crippen molar-refractivity contribution in [3.63, 3.8) is 0 Å². The van der Waals surface area contributed by atoms with Gasteiger partial charge < -0.3 is 0 Å². The van der Waals surface area contributed by atoms with Crippen molar-refractivity contribution in [2.75, 3.05) is 0 Å². The van der Waals surface area contributed by atoms with E-state index < -0.39 is 0 Å². The second-order valence-corrected chi connectivity index (χ2v) is 3.32. The van der Waals surface area contributed by atoms with Crippen molar-refractivity contribution in [3.05, 3.63) is 31.2 Å². The molecule has 0 aliphatic rings. The predicted molar refractivity (Wildman–Crippen MR) is 61.6 cm³/mol. The van der Waals surface area contributed by atoms with Gasteiger partial charge in [0.25, 0.3) is 0 Å². The molecule has 0 N–H and O–H groups in total. The highest BCUT2D eigenvalue weighted by atomic mass is 13.9. The van der Waals surface area contributed by atoms with Crippen LogP contribution in [0.1, 0.15) is 51.9 Å². The van der Waals surface area contributed by atoms with Gasteiger partial charge in [-0.3, -0.25) is 0 Å². The average molecular weight is 179 g/mol. The summed E-state index contributed by atoms with van der Waals surface area (Å²) in [6.45, 7) is 5.99. The Morgan fingerprint density at radius 3 is 2.31 bits per heavy atom. The molecule has 0 aromatic rings. The van der Waals surface area contributed by atoms with Gasteiger partial charge in [0.05, 0.1) is 0 Å². The van der Waals surface area contributed by atoms with E-state index in [0.29, 0.717) is 0 Å². The van der Waals surface area contributed by atoms with Crippen molar-refractivity contribution in [3.8, 4) is 0 Å². The first kappa shape index (κ1) is 12.5. The Balaban J connectivity index is 3.06. The molecule has 0 nitrogen and oxygen atoms in total. The Bertz CT molecular complexity index is 131. The Kier molecular flexibility index (Phi) is 11.0. The Morgan fingerprint density at radius 1 is 0.923 bits per heavy atom. The summed E-state index contributed by atoms with van der Waals surface area (Å²) in [6, 6.07) is 0. The van der Waals surface area contributed by atoms with Crippen LogP contribution in [0.2, 0.25) is 0 Å². The van der Waals surface area contributed by atoms with Crippen molar-refractivity contribution in [1.82, 2.24) is 0 Å². The zero-order valence-corrected chi connectivity index (χ0v) is 8.97. The lowest BCUT2D eigenvalue weighted by atomic mass is 10.1. The van der Waals surface area contributed by atoms with Gasteiger partial charge in [0.1, 0.15) is 0 Å². The van der Waals surface area contributed by atoms with Crippen LogP contribution in [-0.4, -0.2) is 0 Å². The van der Waals surface area contributed by atoms with E-state index >= 15 is 0 Å². The second-order valence-electron chi connectivity index (χ2n) is 3.32. The van der Waals surface area contributed by atoms with E-state index in [1.807, 2.05) is 0 Å². The standard InChI is InChI=1S/C13H23/c1-3-5-7-9-11-13-12-10-8-6-4-2/h6,8,10,12H,1,3-5,7,9,11,13H2,2H3/b8-6+,12-10+. The monoisotopic (exact) mass is 179 g/mol. The van der Waals surface area contributed by atoms with E-state index in [-0.39, 0.29) is 0 Å². The molecule has 0 fully saturated rings. The summed E-state index contributed by atoms with van der Waals surface area (Å²) in [5.41, 5.74) is 0. The minimum Gasteiger partial charge on any atom is -0.0848 e. The van der Waals surface area contributed by atoms with E-state index in [1.54, 1.807) is 0 Å². The molecule has 0 aromatic carbocycles. The molecule has 0 atom stereocenters. The maximum atomic E-state index is 3.83. The van der Waals surface area contributed by atoms with Crippen LogP contribution in [0.4, 0.5) is 0 Å². The largest absolute Gasteiger partial charge is 0.0848 e. The Labute approximate surface area is 83.7 Å². The third-order valence-electron chi connectivity index (χ3n) is 1.99. The molecule has 75 valence electrons. The van der Waals surface area contributed by atoms with Crippen LogP contribution in [0.15, 0.2) is 24.3 Å². The Morgan fingerprint density at radius 2 is 1.62 bits per heavy atom. The van der Waals surface area contributed by atoms with Crippen LogP contribution >= 0.6 is 0 Å². The number of hydrogen-bond donors (Lipinski definition) is 0. The van der Waals surface area contributed by atoms with Gasteiger partial charge in [0.15, 0.2) is 0 Å². The average Bonchev–Trinajstić information content (AvgIpc) is 2.16. The maximum absolute atomic E-state index is 3.83. The van der Waals surface area contributed by atoms with E-state index in [4.69, 9.17) is 0 Å². The fourth-order valence-electron chi connectivity index (χ4n) is 1.18. The van der Waals surface area contributed by atoms with Gasteiger partial charge in [0.2, 0.25) is 0 Å². The minimum absolute atomic E-state index is 1.09. The van der Waals surface area contributed by atoms with Crippen LogP contribution in [0.25, 0.3) is 0 Å². The van der Waals surface area contributed by atoms with Crippen LogP contribution in [0, 0.1) is 6.92 Å². The highest BCUT2D eigenvalue weighted by Gasteiger charge is 1.85. The lowest BCUT2D eigenvalue weighted by Gasteiger charge is -1.95. The summed E-state index contributed by atoms with van der Waals surface area (Å²) >= 11 is 0. The summed E-state index contributed by atoms with van der Waals surface area (Å²) in [4.78, 5) is 0. The molecule has 0 aliphatic carbocycles. The molecule has 0 amide bonds. The quantitative estimate of drug-likeness (QED) is 0.375. The number of hydrogen-bond acceptors (Lipinski definition) is 0. The third-order valence-corrected chi connectivity index (χ3v) is 1.99. The second kappa shape index (κ2) is 11.5. The van der Waals surface area contributed by atoms with Crippen LogP contribution in [-0.2, 0) is 0 Å². The maximum Gasteiger partial charge on any atom is -0.0348 e. The molecule has 0 saturated carbocycles. The van der Waals surface area contributed by atoms with Crippen LogP contribution < -0.4 is 0 Å². The van der Waals surface area contributed by atoms with E-state index in [0.717, 1.165) is 12.8 Å². The number of allylic oxidation sites excluding steroid dienone is 4. The molecule has 0 unspecified atom stereocenters. The third kappa shape index (κ3) is 11.5. The van der Waals surface area contributed by atoms with Crippen molar-refractivity contribution in [2.45, 2.75) is 51.9 Å². The highest BCUT2D eigenvalue weighted by molar-refractivity contribution is 5.01. The molecule has 1 radical (unpaired) electrons. The van der Waals surface area contributed by atoms with Gasteiger partial charge in [-0.2, -0.15) is 0 Å². The smallest absolute Gasteiger partial charge is 0.0348 e. The molecule has 13 heavy (non-hydrogen) atoms. The first-order chi connectivity index (χ1) is 6.41. The Hall–Kier alpha value is -0.520. The fourth-order valence-corrected chi connectivity index (χ4v) is 1.18. The molecule has 0 heterocycles. The summed E-state index contributed by atoms with van der Waals surface area (Å²) in [5, 5.41) is 0. The molecule has 0 aliphatic heterocycles. The molecule has 0 heteroatoms. The highest BCUT2D eigenvalue weighted by Crippen LogP contribution is 2.05. The molecule has 0 rings (SSSR count). The zero-order chi connectivity index (χ0) is 9.78. The summed E-state index contributed by atoms with van der Waals surface area (Å²) < 4.78 is 0. The topological polar surface area (TPSA) is 0 Å². The van der Waals surface area contributed by atoms with Gasteiger partial charge in [-0.05, 0) is 19.3 Å². The van der Waals surface area contributed by atoms with Crippen LogP contribution in [0.5, 0.6) is 0 Å². The summed E-state index contributed by atoms with van der Waals surface area (Å²) in [5.74, 6) is 0. The molecule has 0 bridgehead atoms. The van der Waals surface area contributed by atoms with Gasteiger partial charge in [-0.25, -0.2) is 0 Å². The SMILES string of the molecule is [CH2]CCCCCC/C=C/C=C/CC. The van der Waals surface area contributed by atoms with Gasteiger partial charge in [-0.1, -0.05) is 63.8 Å². The zero-order valence-electron chi connectivity index (χ0n) is 8.97. The minimum atomic E-state index is 1.09. The van der Waals surface area contributed by atoms with Crippen LogP contribution in [0.3, 0.4) is 0 Å². The number of rotatable bonds is 8. The molecular formula is C13H23. The predicted octanol–water partition coefficient (Wildman–Crippen LogP) is 4.68. The van der Waals surface area contributed by atoms with Gasteiger partial charge in [0, 0.05) is 0 Å². The van der Waals surface area contributed by atoms with E-state index in [9.17, 15) is 0 Å². The lowest BCUT2D eigenvalue weighted by Crippen LogP contribution is -1.75. The van der Waals surface area contributed by atoms with Crippen molar-refractivity contribution >= 4 is 0 Å². The molecular weight excluding hydrogens is 156 g/mol. The normalized spacial score (nSPS) is 11.8. The fraction of sp³-hybridized carbons (Fsp3) is 0.615. The molecule has 0 aromatic heterocycles. The molecule has 0 spiro atoms. The van der Waals surface area contributed by atoms with Crippen molar-refractivity contribution < 1.29 is 0 Å². The van der Waals surface area contributed by atoms with E-state index in [2.05, 4.69) is 38.2 Å². The van der Waals surface area contributed by atoms with E-state index in [1.165, 1.54) is 32.1 Å². The van der Waals surface area contributed by atoms with Gasteiger partial charge in [-0.15, -0.1) is 0 Å².